The lowest BCUT2D eigenvalue weighted by molar-refractivity contribution is -0.124. The van der Waals surface area contributed by atoms with Gasteiger partial charge in [-0.05, 0) is 31.2 Å². The Balaban J connectivity index is 1.56. The Kier molecular flexibility index (Phi) is 6.63. The molecule has 1 aliphatic rings. The van der Waals surface area contributed by atoms with Crippen molar-refractivity contribution in [3.05, 3.63) is 81.9 Å². The van der Waals surface area contributed by atoms with Crippen LogP contribution in [0.3, 0.4) is 0 Å². The van der Waals surface area contributed by atoms with Gasteiger partial charge in [0.2, 0.25) is 16.9 Å². The third-order valence-electron chi connectivity index (χ3n) is 6.65. The third-order valence-corrected chi connectivity index (χ3v) is 7.40. The molecule has 2 amide bonds. The number of hydrogen-bond donors (Lipinski definition) is 1. The van der Waals surface area contributed by atoms with Gasteiger partial charge in [0.05, 0.1) is 11.1 Å². The number of rotatable bonds is 5. The molecule has 8 nitrogen and oxygen atoms in total. The van der Waals surface area contributed by atoms with Crippen LogP contribution in [0.25, 0.3) is 11.3 Å². The van der Waals surface area contributed by atoms with Crippen LogP contribution < -0.4 is 10.1 Å². The predicted molar refractivity (Wildman–Crippen MR) is 143 cm³/mol. The first-order chi connectivity index (χ1) is 18.5. The molecular formula is C28H25F2N5O3S. The number of fused-ring (bicyclic) bond motifs is 2. The molecule has 39 heavy (non-hydrogen) atoms. The average molecular weight is 550 g/mol. The summed E-state index contributed by atoms with van der Waals surface area (Å²) >= 11 is 1.28. The summed E-state index contributed by atoms with van der Waals surface area (Å²) < 4.78 is 35.8. The van der Waals surface area contributed by atoms with E-state index in [4.69, 9.17) is 4.74 Å². The maximum atomic E-state index is 14.8. The lowest BCUT2D eigenvalue weighted by Crippen LogP contribution is -2.38. The summed E-state index contributed by atoms with van der Waals surface area (Å²) in [4.78, 5) is 31.4. The number of aromatic nitrogens is 3. The average Bonchev–Trinajstić information content (AvgIpc) is 3.30. The molecule has 0 saturated heterocycles. The van der Waals surface area contributed by atoms with Gasteiger partial charge in [-0.3, -0.25) is 9.59 Å². The number of nitrogens with one attached hydrogen (secondary N) is 1. The van der Waals surface area contributed by atoms with Gasteiger partial charge in [0.25, 0.3) is 5.91 Å². The molecule has 2 aromatic carbocycles. The van der Waals surface area contributed by atoms with Crippen LogP contribution >= 0.6 is 11.3 Å². The van der Waals surface area contributed by atoms with Gasteiger partial charge in [-0.1, -0.05) is 49.4 Å². The highest BCUT2D eigenvalue weighted by Gasteiger charge is 2.44. The first-order valence-electron chi connectivity index (χ1n) is 12.1. The Morgan fingerprint density at radius 3 is 2.36 bits per heavy atom. The molecule has 0 spiro atoms. The third kappa shape index (κ3) is 4.74. The standard InChI is InChI=1S/C28H25F2N5O3S/c1-14-33-34-27(39-14)32-26(37)28(2,3)23-16-8-6-7-9-21(16)38-24-17(23)10-11-20(31-24)15-12-18(29)22(19(30)13-15)25(36)35(4)5/h6-13,23H,1-5H3,(H,32,34,37)/t23-/m0/s1. The van der Waals surface area contributed by atoms with Gasteiger partial charge in [-0.15, -0.1) is 10.2 Å². The van der Waals surface area contributed by atoms with E-state index in [1.54, 1.807) is 25.1 Å². The van der Waals surface area contributed by atoms with E-state index < -0.39 is 34.4 Å². The Labute approximate surface area is 227 Å². The molecule has 5 rings (SSSR count). The summed E-state index contributed by atoms with van der Waals surface area (Å²) in [5.41, 5.74) is 0.225. The zero-order valence-corrected chi connectivity index (χ0v) is 22.7. The molecule has 0 radical (unpaired) electrons. The normalized spacial score (nSPS) is 14.2. The predicted octanol–water partition coefficient (Wildman–Crippen LogP) is 5.79. The van der Waals surface area contributed by atoms with Crippen LogP contribution in [0.2, 0.25) is 0 Å². The van der Waals surface area contributed by atoms with Crippen molar-refractivity contribution < 1.29 is 23.1 Å². The number of hydrogen-bond acceptors (Lipinski definition) is 7. The summed E-state index contributed by atoms with van der Waals surface area (Å²) in [7, 11) is 2.84. The smallest absolute Gasteiger partial charge is 0.259 e. The molecule has 200 valence electrons. The molecule has 0 bridgehead atoms. The van der Waals surface area contributed by atoms with Crippen molar-refractivity contribution in [3.8, 4) is 22.9 Å². The number of pyridine rings is 1. The zero-order valence-electron chi connectivity index (χ0n) is 21.9. The van der Waals surface area contributed by atoms with Crippen LogP contribution in [0.15, 0.2) is 48.5 Å². The minimum absolute atomic E-state index is 0.144. The van der Waals surface area contributed by atoms with Crippen molar-refractivity contribution in [1.82, 2.24) is 20.1 Å². The second-order valence-corrected chi connectivity index (χ2v) is 11.2. The summed E-state index contributed by atoms with van der Waals surface area (Å²) in [5.74, 6) is -2.73. The van der Waals surface area contributed by atoms with E-state index in [1.807, 2.05) is 32.0 Å². The van der Waals surface area contributed by atoms with E-state index in [-0.39, 0.29) is 23.0 Å². The minimum Gasteiger partial charge on any atom is -0.438 e. The van der Waals surface area contributed by atoms with Crippen LogP contribution in [0.1, 0.15) is 46.3 Å². The lowest BCUT2D eigenvalue weighted by atomic mass is 9.69. The molecule has 0 aliphatic carbocycles. The SMILES string of the molecule is Cc1nnc(NC(=O)C(C)(C)[C@H]2c3ccccc3Oc3nc(-c4cc(F)c(C(=O)N(C)C)c(F)c4)ccc32)s1. The zero-order chi connectivity index (χ0) is 28.1. The van der Waals surface area contributed by atoms with Crippen molar-refractivity contribution in [1.29, 1.82) is 0 Å². The van der Waals surface area contributed by atoms with E-state index in [0.717, 1.165) is 27.6 Å². The summed E-state index contributed by atoms with van der Waals surface area (Å²) in [6.45, 7) is 5.45. The fourth-order valence-corrected chi connectivity index (χ4v) is 5.25. The highest BCUT2D eigenvalue weighted by Crippen LogP contribution is 2.52. The number of carbonyl (C=O) groups excluding carboxylic acids is 2. The van der Waals surface area contributed by atoms with Crippen molar-refractivity contribution in [3.63, 3.8) is 0 Å². The molecule has 1 N–H and O–H groups in total. The molecule has 11 heteroatoms. The quantitative estimate of drug-likeness (QED) is 0.338. The largest absolute Gasteiger partial charge is 0.438 e. The van der Waals surface area contributed by atoms with Crippen LogP contribution in [0.5, 0.6) is 11.6 Å². The van der Waals surface area contributed by atoms with Gasteiger partial charge in [-0.2, -0.15) is 0 Å². The Bertz CT molecular complexity index is 1600. The highest BCUT2D eigenvalue weighted by molar-refractivity contribution is 7.15. The summed E-state index contributed by atoms with van der Waals surface area (Å²) in [6, 6.07) is 12.9. The number of para-hydroxylation sites is 1. The number of amides is 2. The van der Waals surface area contributed by atoms with E-state index in [9.17, 15) is 18.4 Å². The molecule has 2 aromatic heterocycles. The molecule has 1 aliphatic heterocycles. The number of nitrogens with zero attached hydrogens (tertiary/aromatic N) is 4. The Hall–Kier alpha value is -4.25. The molecular weight excluding hydrogens is 524 g/mol. The van der Waals surface area contributed by atoms with Crippen molar-refractivity contribution in [2.45, 2.75) is 26.7 Å². The monoisotopic (exact) mass is 549 g/mol. The Morgan fingerprint density at radius 1 is 1.03 bits per heavy atom. The lowest BCUT2D eigenvalue weighted by Gasteiger charge is -2.37. The van der Waals surface area contributed by atoms with Crippen molar-refractivity contribution >= 4 is 28.3 Å². The van der Waals surface area contributed by atoms with Crippen LogP contribution in [-0.4, -0.2) is 46.0 Å². The minimum atomic E-state index is -0.989. The second-order valence-electron chi connectivity index (χ2n) is 9.98. The van der Waals surface area contributed by atoms with Crippen LogP contribution in [0, 0.1) is 24.0 Å². The van der Waals surface area contributed by atoms with Gasteiger partial charge < -0.3 is 15.0 Å². The van der Waals surface area contributed by atoms with Gasteiger partial charge >= 0.3 is 0 Å². The number of carbonyl (C=O) groups is 2. The van der Waals surface area contributed by atoms with Crippen LogP contribution in [0.4, 0.5) is 13.9 Å². The van der Waals surface area contributed by atoms with Gasteiger partial charge in [-0.25, -0.2) is 13.8 Å². The van der Waals surface area contributed by atoms with E-state index in [0.29, 0.717) is 16.4 Å². The molecule has 0 unspecified atom stereocenters. The number of aryl methyl sites for hydroxylation is 1. The maximum absolute atomic E-state index is 14.8. The van der Waals surface area contributed by atoms with Crippen LogP contribution in [-0.2, 0) is 4.79 Å². The number of benzene rings is 2. The maximum Gasteiger partial charge on any atom is 0.259 e. The summed E-state index contributed by atoms with van der Waals surface area (Å²) in [5, 5.41) is 12.0. The van der Waals surface area contributed by atoms with E-state index >= 15 is 0 Å². The second kappa shape index (κ2) is 9.81. The van der Waals surface area contributed by atoms with Crippen molar-refractivity contribution in [2.24, 2.45) is 5.41 Å². The van der Waals surface area contributed by atoms with Gasteiger partial charge in [0.1, 0.15) is 28.0 Å². The molecule has 4 aromatic rings. The topological polar surface area (TPSA) is 97.3 Å². The van der Waals surface area contributed by atoms with Gasteiger partial charge in [0.15, 0.2) is 0 Å². The first kappa shape index (κ1) is 26.4. The summed E-state index contributed by atoms with van der Waals surface area (Å²) in [6.07, 6.45) is 0. The highest BCUT2D eigenvalue weighted by atomic mass is 32.1. The van der Waals surface area contributed by atoms with E-state index in [2.05, 4.69) is 20.5 Å². The fraction of sp³-hybridized carbons (Fsp3) is 0.250. The number of halogens is 2. The molecule has 0 saturated carbocycles. The van der Waals surface area contributed by atoms with E-state index in [1.165, 1.54) is 25.4 Å². The Morgan fingerprint density at radius 2 is 1.72 bits per heavy atom. The first-order valence-corrected chi connectivity index (χ1v) is 12.9. The molecule has 1 atom stereocenters. The molecule has 3 heterocycles. The molecule has 0 fully saturated rings. The number of anilines is 1. The van der Waals surface area contributed by atoms with Crippen molar-refractivity contribution in [2.75, 3.05) is 19.4 Å². The fourth-order valence-electron chi connectivity index (χ4n) is 4.66. The van der Waals surface area contributed by atoms with Gasteiger partial charge in [0, 0.05) is 36.7 Å². The number of ether oxygens (including phenoxy) is 1.